The second-order valence-corrected chi connectivity index (χ2v) is 4.97. The number of carbonyl (C=O) groups excluding carboxylic acids is 1. The Morgan fingerprint density at radius 1 is 1.11 bits per heavy atom. The van der Waals surface area contributed by atoms with Crippen LogP contribution in [0.5, 0.6) is 0 Å². The quantitative estimate of drug-likeness (QED) is 0.779. The number of halogens is 2. The Hall–Kier alpha value is -1.32. The molecular formula is C14H10BrClO2. The second kappa shape index (κ2) is 6.03. The van der Waals surface area contributed by atoms with Crippen LogP contribution in [0.25, 0.3) is 0 Å². The number of carbonyl (C=O) groups is 1. The molecule has 0 amide bonds. The van der Waals surface area contributed by atoms with E-state index in [0.29, 0.717) is 10.6 Å². The largest absolute Gasteiger partial charge is 0.457 e. The van der Waals surface area contributed by atoms with Gasteiger partial charge in [0, 0.05) is 15.1 Å². The SMILES string of the molecule is O=C(OCc1ccccc1Br)c1ccc(Cl)cc1. The maximum absolute atomic E-state index is 11.8. The normalized spacial score (nSPS) is 10.1. The van der Waals surface area contributed by atoms with Gasteiger partial charge in [0.05, 0.1) is 5.56 Å². The summed E-state index contributed by atoms with van der Waals surface area (Å²) in [5, 5.41) is 0.595. The van der Waals surface area contributed by atoms with Crippen molar-refractivity contribution in [1.82, 2.24) is 0 Å². The van der Waals surface area contributed by atoms with Gasteiger partial charge in [-0.15, -0.1) is 0 Å². The fourth-order valence-electron chi connectivity index (χ4n) is 1.43. The maximum Gasteiger partial charge on any atom is 0.338 e. The number of hydrogen-bond acceptors (Lipinski definition) is 2. The van der Waals surface area contributed by atoms with E-state index in [0.717, 1.165) is 10.0 Å². The molecule has 0 atom stereocenters. The van der Waals surface area contributed by atoms with Crippen LogP contribution in [0.1, 0.15) is 15.9 Å². The summed E-state index contributed by atoms with van der Waals surface area (Å²) in [6.07, 6.45) is 0. The topological polar surface area (TPSA) is 26.3 Å². The van der Waals surface area contributed by atoms with Gasteiger partial charge in [0.1, 0.15) is 6.61 Å². The molecule has 0 aliphatic heterocycles. The summed E-state index contributed by atoms with van der Waals surface area (Å²) in [6.45, 7) is 0.239. The highest BCUT2D eigenvalue weighted by atomic mass is 79.9. The maximum atomic E-state index is 11.8. The number of benzene rings is 2. The molecule has 0 heterocycles. The lowest BCUT2D eigenvalue weighted by Gasteiger charge is -2.06. The van der Waals surface area contributed by atoms with Gasteiger partial charge in [-0.1, -0.05) is 45.7 Å². The average molecular weight is 326 g/mol. The number of hydrogen-bond donors (Lipinski definition) is 0. The van der Waals surface area contributed by atoms with E-state index in [4.69, 9.17) is 16.3 Å². The van der Waals surface area contributed by atoms with Gasteiger partial charge >= 0.3 is 5.97 Å². The molecule has 0 fully saturated rings. The molecule has 0 radical (unpaired) electrons. The van der Waals surface area contributed by atoms with Gasteiger partial charge in [0.15, 0.2) is 0 Å². The molecule has 0 bridgehead atoms. The van der Waals surface area contributed by atoms with Gasteiger partial charge in [-0.2, -0.15) is 0 Å². The Morgan fingerprint density at radius 3 is 2.44 bits per heavy atom. The lowest BCUT2D eigenvalue weighted by molar-refractivity contribution is 0.0472. The number of ether oxygens (including phenoxy) is 1. The standard InChI is InChI=1S/C14H10BrClO2/c15-13-4-2-1-3-11(13)9-18-14(17)10-5-7-12(16)8-6-10/h1-8H,9H2. The van der Waals surface area contributed by atoms with Crippen molar-refractivity contribution < 1.29 is 9.53 Å². The summed E-state index contributed by atoms with van der Waals surface area (Å²) in [5.41, 5.74) is 1.42. The van der Waals surface area contributed by atoms with Crippen LogP contribution in [0.2, 0.25) is 5.02 Å². The third kappa shape index (κ3) is 3.34. The van der Waals surface area contributed by atoms with Crippen molar-refractivity contribution in [3.63, 3.8) is 0 Å². The lowest BCUT2D eigenvalue weighted by atomic mass is 10.2. The summed E-state index contributed by atoms with van der Waals surface area (Å²) >= 11 is 9.16. The van der Waals surface area contributed by atoms with Crippen molar-refractivity contribution in [2.24, 2.45) is 0 Å². The monoisotopic (exact) mass is 324 g/mol. The summed E-state index contributed by atoms with van der Waals surface area (Å²) in [7, 11) is 0. The summed E-state index contributed by atoms with van der Waals surface area (Å²) in [5.74, 6) is -0.359. The van der Waals surface area contributed by atoms with E-state index < -0.39 is 0 Å². The van der Waals surface area contributed by atoms with E-state index in [-0.39, 0.29) is 12.6 Å². The molecule has 2 nitrogen and oxygen atoms in total. The Bertz CT molecular complexity index is 552. The van der Waals surface area contributed by atoms with Crippen molar-refractivity contribution in [3.05, 3.63) is 69.2 Å². The van der Waals surface area contributed by atoms with Gasteiger partial charge in [-0.25, -0.2) is 4.79 Å². The van der Waals surface area contributed by atoms with Crippen LogP contribution in [0.4, 0.5) is 0 Å². The molecule has 2 aromatic rings. The molecule has 4 heteroatoms. The minimum absolute atomic E-state index is 0.239. The van der Waals surface area contributed by atoms with Crippen molar-refractivity contribution in [2.75, 3.05) is 0 Å². The van der Waals surface area contributed by atoms with E-state index >= 15 is 0 Å². The van der Waals surface area contributed by atoms with Crippen molar-refractivity contribution in [3.8, 4) is 0 Å². The minimum atomic E-state index is -0.359. The van der Waals surface area contributed by atoms with Crippen LogP contribution < -0.4 is 0 Å². The Balaban J connectivity index is 2.01. The van der Waals surface area contributed by atoms with Crippen molar-refractivity contribution in [1.29, 1.82) is 0 Å². The van der Waals surface area contributed by atoms with Crippen LogP contribution in [-0.2, 0) is 11.3 Å². The van der Waals surface area contributed by atoms with Crippen LogP contribution >= 0.6 is 27.5 Å². The van der Waals surface area contributed by atoms with E-state index in [1.807, 2.05) is 24.3 Å². The molecule has 18 heavy (non-hydrogen) atoms. The van der Waals surface area contributed by atoms with Crippen molar-refractivity contribution >= 4 is 33.5 Å². The third-order valence-corrected chi connectivity index (χ3v) is 3.42. The van der Waals surface area contributed by atoms with Gasteiger partial charge in [-0.3, -0.25) is 0 Å². The zero-order valence-electron chi connectivity index (χ0n) is 9.40. The van der Waals surface area contributed by atoms with Gasteiger partial charge < -0.3 is 4.74 Å². The number of esters is 1. The fraction of sp³-hybridized carbons (Fsp3) is 0.0714. The average Bonchev–Trinajstić information content (AvgIpc) is 2.38. The first-order valence-electron chi connectivity index (χ1n) is 5.33. The minimum Gasteiger partial charge on any atom is -0.457 e. The van der Waals surface area contributed by atoms with Gasteiger partial charge in [0.25, 0.3) is 0 Å². The molecule has 2 aromatic carbocycles. The molecule has 92 valence electrons. The highest BCUT2D eigenvalue weighted by Gasteiger charge is 2.08. The summed E-state index contributed by atoms with van der Waals surface area (Å²) in [4.78, 5) is 11.8. The molecule has 0 aliphatic carbocycles. The van der Waals surface area contributed by atoms with Crippen LogP contribution in [0, 0.1) is 0 Å². The van der Waals surface area contributed by atoms with Crippen LogP contribution in [0.3, 0.4) is 0 Å². The lowest BCUT2D eigenvalue weighted by Crippen LogP contribution is -2.05. The Morgan fingerprint density at radius 2 is 1.78 bits per heavy atom. The summed E-state index contributed by atoms with van der Waals surface area (Å²) in [6, 6.07) is 14.2. The Kier molecular flexibility index (Phi) is 4.39. The first kappa shape index (κ1) is 13.1. The fourth-order valence-corrected chi connectivity index (χ4v) is 1.95. The van der Waals surface area contributed by atoms with E-state index in [1.54, 1.807) is 24.3 Å². The first-order chi connectivity index (χ1) is 8.66. The Labute approximate surface area is 119 Å². The zero-order valence-corrected chi connectivity index (χ0v) is 11.7. The van der Waals surface area contributed by atoms with Crippen LogP contribution in [-0.4, -0.2) is 5.97 Å². The molecule has 0 aliphatic rings. The van der Waals surface area contributed by atoms with Gasteiger partial charge in [-0.05, 0) is 30.3 Å². The zero-order chi connectivity index (χ0) is 13.0. The number of rotatable bonds is 3. The van der Waals surface area contributed by atoms with Gasteiger partial charge in [0.2, 0.25) is 0 Å². The molecule has 0 spiro atoms. The predicted molar refractivity (Wildman–Crippen MR) is 74.7 cm³/mol. The van der Waals surface area contributed by atoms with E-state index in [9.17, 15) is 4.79 Å². The molecule has 0 aromatic heterocycles. The molecule has 0 saturated heterocycles. The van der Waals surface area contributed by atoms with E-state index in [2.05, 4.69) is 15.9 Å². The third-order valence-electron chi connectivity index (χ3n) is 2.40. The molecular weight excluding hydrogens is 316 g/mol. The van der Waals surface area contributed by atoms with Crippen molar-refractivity contribution in [2.45, 2.75) is 6.61 Å². The molecule has 2 rings (SSSR count). The highest BCUT2D eigenvalue weighted by Crippen LogP contribution is 2.17. The molecule has 0 N–H and O–H groups in total. The summed E-state index contributed by atoms with van der Waals surface area (Å²) < 4.78 is 6.15. The van der Waals surface area contributed by atoms with Crippen LogP contribution in [0.15, 0.2) is 53.0 Å². The first-order valence-corrected chi connectivity index (χ1v) is 6.50. The van der Waals surface area contributed by atoms with E-state index in [1.165, 1.54) is 0 Å². The smallest absolute Gasteiger partial charge is 0.338 e. The highest BCUT2D eigenvalue weighted by molar-refractivity contribution is 9.10. The molecule has 0 saturated carbocycles. The molecule has 0 unspecified atom stereocenters. The second-order valence-electron chi connectivity index (χ2n) is 3.67. The predicted octanol–water partition coefficient (Wildman–Crippen LogP) is 4.46.